The van der Waals surface area contributed by atoms with Crippen LogP contribution in [0.5, 0.6) is 5.75 Å². The topological polar surface area (TPSA) is 67.9 Å². The van der Waals surface area contributed by atoms with Crippen molar-refractivity contribution in [2.45, 2.75) is 25.4 Å². The van der Waals surface area contributed by atoms with Gasteiger partial charge in [0, 0.05) is 6.61 Å². The fraction of sp³-hybridized carbons (Fsp3) is 0.429. The first-order chi connectivity index (χ1) is 10.7. The van der Waals surface area contributed by atoms with Crippen molar-refractivity contribution in [2.75, 3.05) is 13.7 Å². The van der Waals surface area contributed by atoms with Gasteiger partial charge in [0.05, 0.1) is 13.7 Å². The van der Waals surface area contributed by atoms with Crippen LogP contribution in [0.25, 0.3) is 0 Å². The second-order valence-electron chi connectivity index (χ2n) is 4.78. The zero-order valence-corrected chi connectivity index (χ0v) is 12.4. The van der Waals surface area contributed by atoms with Crippen LogP contribution < -0.4 is 10.1 Å². The van der Waals surface area contributed by atoms with Crippen molar-refractivity contribution < 1.29 is 32.2 Å². The van der Waals surface area contributed by atoms with Crippen molar-refractivity contribution >= 4 is 11.9 Å². The minimum absolute atomic E-state index is 0.306. The van der Waals surface area contributed by atoms with Gasteiger partial charge in [-0.1, -0.05) is 12.1 Å². The number of carbonyl (C=O) groups excluding carboxylic acids is 2. The molecule has 1 saturated heterocycles. The van der Waals surface area contributed by atoms with E-state index in [1.165, 1.54) is 14.0 Å². The van der Waals surface area contributed by atoms with E-state index in [0.29, 0.717) is 16.2 Å². The van der Waals surface area contributed by atoms with Crippen molar-refractivity contribution in [1.29, 1.82) is 0 Å². The molecule has 2 rings (SSSR count). The molecule has 1 aromatic carbocycles. The monoisotopic (exact) mass is 332 g/mol. The third-order valence-corrected chi connectivity index (χ3v) is 3.33. The van der Waals surface area contributed by atoms with Crippen molar-refractivity contribution in [1.82, 2.24) is 10.2 Å². The SMILES string of the molecule is CCO[C@@]1(C(F)(F)F)NC(=O)N(Cc2ccc(OC)cc2)C1=O. The predicted molar refractivity (Wildman–Crippen MR) is 72.5 cm³/mol. The molecule has 126 valence electrons. The standard InChI is InChI=1S/C14H15F3N2O4/c1-3-23-13(14(15,16)17)11(20)19(12(21)18-13)8-9-4-6-10(22-2)7-5-9/h4-7H,3,8H2,1-2H3,(H,18,21)/t13-/m0/s1. The Labute approximate surface area is 130 Å². The Morgan fingerprint density at radius 1 is 1.22 bits per heavy atom. The molecule has 1 atom stereocenters. The minimum atomic E-state index is -5.07. The minimum Gasteiger partial charge on any atom is -0.497 e. The Morgan fingerprint density at radius 2 is 1.83 bits per heavy atom. The highest BCUT2D eigenvalue weighted by Crippen LogP contribution is 2.37. The van der Waals surface area contributed by atoms with E-state index in [9.17, 15) is 22.8 Å². The number of urea groups is 1. The van der Waals surface area contributed by atoms with E-state index >= 15 is 0 Å². The lowest BCUT2D eigenvalue weighted by atomic mass is 10.1. The molecule has 23 heavy (non-hydrogen) atoms. The number of carbonyl (C=O) groups is 2. The Morgan fingerprint density at radius 3 is 2.30 bits per heavy atom. The molecule has 3 amide bonds. The number of methoxy groups -OCH3 is 1. The average Bonchev–Trinajstić information content (AvgIpc) is 2.73. The number of amides is 3. The highest BCUT2D eigenvalue weighted by Gasteiger charge is 2.69. The number of hydrogen-bond acceptors (Lipinski definition) is 4. The molecule has 0 radical (unpaired) electrons. The average molecular weight is 332 g/mol. The van der Waals surface area contributed by atoms with E-state index in [1.54, 1.807) is 29.6 Å². The first kappa shape index (κ1) is 17.1. The number of imide groups is 1. The van der Waals surface area contributed by atoms with E-state index in [1.807, 2.05) is 0 Å². The molecule has 0 aromatic heterocycles. The van der Waals surface area contributed by atoms with Crippen LogP contribution in [-0.4, -0.2) is 42.5 Å². The van der Waals surface area contributed by atoms with E-state index in [0.717, 1.165) is 0 Å². The Balaban J connectivity index is 2.26. The maximum absolute atomic E-state index is 13.2. The first-order valence-electron chi connectivity index (χ1n) is 6.73. The predicted octanol–water partition coefficient (Wildman–Crippen LogP) is 2.04. The van der Waals surface area contributed by atoms with Gasteiger partial charge >= 0.3 is 17.9 Å². The second kappa shape index (κ2) is 6.07. The number of hydrogen-bond donors (Lipinski definition) is 1. The van der Waals surface area contributed by atoms with Crippen LogP contribution >= 0.6 is 0 Å². The molecule has 1 aromatic rings. The van der Waals surface area contributed by atoms with Gasteiger partial charge in [-0.25, -0.2) is 4.79 Å². The Hall–Kier alpha value is -2.29. The molecule has 0 spiro atoms. The maximum atomic E-state index is 13.2. The number of rotatable bonds is 5. The van der Waals surface area contributed by atoms with Gasteiger partial charge in [-0.05, 0) is 24.6 Å². The highest BCUT2D eigenvalue weighted by atomic mass is 19.4. The third kappa shape index (κ3) is 2.96. The summed E-state index contributed by atoms with van der Waals surface area (Å²) in [6.07, 6.45) is -5.07. The van der Waals surface area contributed by atoms with Gasteiger partial charge in [-0.15, -0.1) is 0 Å². The van der Waals surface area contributed by atoms with Crippen molar-refractivity contribution in [2.24, 2.45) is 0 Å². The molecule has 0 aliphatic carbocycles. The van der Waals surface area contributed by atoms with E-state index in [2.05, 4.69) is 4.74 Å². The molecule has 1 fully saturated rings. The molecule has 1 aliphatic heterocycles. The lowest BCUT2D eigenvalue weighted by Crippen LogP contribution is -2.60. The summed E-state index contributed by atoms with van der Waals surface area (Å²) in [5.74, 6) is -0.933. The molecule has 9 heteroatoms. The van der Waals surface area contributed by atoms with Crippen molar-refractivity contribution in [3.05, 3.63) is 29.8 Å². The normalized spacial score (nSPS) is 21.5. The molecule has 1 N–H and O–H groups in total. The molecule has 0 unspecified atom stereocenters. The van der Waals surface area contributed by atoms with Gasteiger partial charge in [-0.3, -0.25) is 15.0 Å². The van der Waals surface area contributed by atoms with Crippen LogP contribution in [0.3, 0.4) is 0 Å². The number of halogens is 3. The zero-order chi connectivity index (χ0) is 17.3. The zero-order valence-electron chi connectivity index (χ0n) is 12.4. The number of alkyl halides is 3. The molecule has 0 saturated carbocycles. The van der Waals surface area contributed by atoms with E-state index in [-0.39, 0.29) is 13.2 Å². The number of benzene rings is 1. The number of nitrogens with zero attached hydrogens (tertiary/aromatic N) is 1. The maximum Gasteiger partial charge on any atom is 0.446 e. The van der Waals surface area contributed by atoms with Gasteiger partial charge in [0.15, 0.2) is 0 Å². The van der Waals surface area contributed by atoms with Crippen LogP contribution in [-0.2, 0) is 16.1 Å². The fourth-order valence-corrected chi connectivity index (χ4v) is 2.20. The summed E-state index contributed by atoms with van der Waals surface area (Å²) in [6, 6.07) is 5.10. The van der Waals surface area contributed by atoms with Gasteiger partial charge in [0.1, 0.15) is 5.75 Å². The summed E-state index contributed by atoms with van der Waals surface area (Å²) in [5.41, 5.74) is -2.85. The second-order valence-corrected chi connectivity index (χ2v) is 4.78. The van der Waals surface area contributed by atoms with Crippen LogP contribution in [0.1, 0.15) is 12.5 Å². The summed E-state index contributed by atoms with van der Waals surface area (Å²) in [5, 5.41) is 1.62. The van der Waals surface area contributed by atoms with E-state index in [4.69, 9.17) is 4.74 Å². The summed E-state index contributed by atoms with van der Waals surface area (Å²) in [6.45, 7) is 0.612. The smallest absolute Gasteiger partial charge is 0.446 e. The summed E-state index contributed by atoms with van der Waals surface area (Å²) in [7, 11) is 1.46. The summed E-state index contributed by atoms with van der Waals surface area (Å²) >= 11 is 0. The lowest BCUT2D eigenvalue weighted by molar-refractivity contribution is -0.270. The van der Waals surface area contributed by atoms with Crippen LogP contribution in [0.4, 0.5) is 18.0 Å². The van der Waals surface area contributed by atoms with Gasteiger partial charge in [0.2, 0.25) is 0 Å². The van der Waals surface area contributed by atoms with Crippen LogP contribution in [0.2, 0.25) is 0 Å². The van der Waals surface area contributed by atoms with Gasteiger partial charge in [-0.2, -0.15) is 13.2 Å². The Kier molecular flexibility index (Phi) is 4.51. The summed E-state index contributed by atoms with van der Waals surface area (Å²) in [4.78, 5) is 24.5. The molecule has 1 heterocycles. The number of nitrogens with one attached hydrogen (secondary N) is 1. The van der Waals surface area contributed by atoms with E-state index < -0.39 is 23.8 Å². The quantitative estimate of drug-likeness (QED) is 0.838. The highest BCUT2D eigenvalue weighted by molar-refractivity contribution is 6.06. The molecule has 0 bridgehead atoms. The Bertz CT molecular complexity index is 603. The van der Waals surface area contributed by atoms with Crippen molar-refractivity contribution in [3.63, 3.8) is 0 Å². The number of ether oxygens (including phenoxy) is 2. The molecule has 6 nitrogen and oxygen atoms in total. The summed E-state index contributed by atoms with van der Waals surface area (Å²) < 4.78 is 49.2. The van der Waals surface area contributed by atoms with Gasteiger partial charge in [0.25, 0.3) is 5.91 Å². The van der Waals surface area contributed by atoms with Gasteiger partial charge < -0.3 is 9.47 Å². The fourth-order valence-electron chi connectivity index (χ4n) is 2.20. The first-order valence-corrected chi connectivity index (χ1v) is 6.73. The van der Waals surface area contributed by atoms with Crippen molar-refractivity contribution in [3.8, 4) is 5.75 Å². The van der Waals surface area contributed by atoms with Crippen LogP contribution in [0.15, 0.2) is 24.3 Å². The molecular formula is C14H15F3N2O4. The molecule has 1 aliphatic rings. The molecular weight excluding hydrogens is 317 g/mol. The van der Waals surface area contributed by atoms with Crippen LogP contribution in [0, 0.1) is 0 Å². The largest absolute Gasteiger partial charge is 0.497 e. The lowest BCUT2D eigenvalue weighted by Gasteiger charge is -2.28. The third-order valence-electron chi connectivity index (χ3n) is 3.33.